The minimum Gasteiger partial charge on any atom is -0.668 e. The molecule has 8 nitrogen and oxygen atoms in total. The van der Waals surface area contributed by atoms with Crippen LogP contribution in [0.5, 0.6) is 0 Å². The molecule has 0 aliphatic carbocycles. The van der Waals surface area contributed by atoms with Crippen LogP contribution in [-0.4, -0.2) is 77.3 Å². The van der Waals surface area contributed by atoms with Crippen molar-refractivity contribution in [3.8, 4) is 0 Å². The number of hydrogen-bond acceptors (Lipinski definition) is 2. The molecule has 0 radical (unpaired) electrons. The van der Waals surface area contributed by atoms with Crippen LogP contribution >= 0.6 is 0 Å². The normalized spacial score (nSPS) is 13.2. The second kappa shape index (κ2) is 34.9. The number of rotatable bonds is 16. The van der Waals surface area contributed by atoms with E-state index in [0.717, 1.165) is 45.6 Å². The molecule has 0 N–H and O–H groups in total. The third-order valence-corrected chi connectivity index (χ3v) is 29.9. The van der Waals surface area contributed by atoms with Gasteiger partial charge >= 0.3 is 65.4 Å². The van der Waals surface area contributed by atoms with Crippen molar-refractivity contribution in [1.82, 2.24) is 0 Å². The SMILES string of the molecule is CC(/C=C(/C)[N-]c1c(C)cccc1C)=Nc1ccc(N=C(C)/C=C(/C)[N-]c2c(C)cccc2C)cc1.C[Si](C)(C)[N-][Si](C)(C)C.C[Si](C)(C)[N-][Si](C)(C)C.C[Si](C)(C)[N-][Si](C)(C)C.C[Si](C)(C)[N-][Si](C)(C)C.[Y+3].[Y+3]. The van der Waals surface area contributed by atoms with Crippen LogP contribution in [0.15, 0.2) is 94.2 Å². The molecule has 0 fully saturated rings. The number of nitrogens with zero attached hydrogens (tertiary/aromatic N) is 8. The summed E-state index contributed by atoms with van der Waals surface area (Å²) in [6.45, 7) is 71.5. The number of benzene rings is 3. The van der Waals surface area contributed by atoms with Gasteiger partial charge in [0.15, 0.2) is 0 Å². The molecule has 0 aliphatic rings. The summed E-state index contributed by atoms with van der Waals surface area (Å²) in [7, 11) is -8.85. The zero-order valence-electron chi connectivity index (χ0n) is 53.7. The van der Waals surface area contributed by atoms with Crippen LogP contribution in [0.4, 0.5) is 22.7 Å². The number of hydrogen-bond donors (Lipinski definition) is 0. The average molecular weight is 1300 g/mol. The summed E-state index contributed by atoms with van der Waals surface area (Å²) in [6.07, 6.45) is 4.02. The molecule has 0 saturated heterocycles. The summed E-state index contributed by atoms with van der Waals surface area (Å²) >= 11 is 0. The number of aliphatic imine (C=N–C) groups is 2. The van der Waals surface area contributed by atoms with Gasteiger partial charge < -0.3 is 29.2 Å². The summed E-state index contributed by atoms with van der Waals surface area (Å²) in [6, 6.07) is 20.4. The third-order valence-electron chi connectivity index (χ3n) is 8.43. The van der Waals surface area contributed by atoms with Crippen molar-refractivity contribution >= 4 is 100 Å². The Morgan fingerprint density at radius 3 is 0.649 bits per heavy atom. The van der Waals surface area contributed by atoms with E-state index in [1.807, 2.05) is 64.1 Å². The Morgan fingerprint density at radius 2 is 0.500 bits per heavy atom. The third kappa shape index (κ3) is 48.9. The Balaban J connectivity index is -0.000000522. The average Bonchev–Trinajstić information content (AvgIpc) is 3.07. The van der Waals surface area contributed by atoms with E-state index in [4.69, 9.17) is 39.2 Å². The van der Waals surface area contributed by atoms with Gasteiger partial charge in [-0.25, -0.2) is 0 Å². The Bertz CT molecular complexity index is 1910. The van der Waals surface area contributed by atoms with Crippen molar-refractivity contribution in [3.63, 3.8) is 0 Å². The molecular formula is C56H108N8Si8Y2. The van der Waals surface area contributed by atoms with E-state index in [2.05, 4.69) is 221 Å². The van der Waals surface area contributed by atoms with Crippen LogP contribution in [0.25, 0.3) is 29.2 Å². The fourth-order valence-electron chi connectivity index (χ4n) is 8.08. The maximum atomic E-state index is 4.82. The van der Waals surface area contributed by atoms with Crippen molar-refractivity contribution < 1.29 is 65.4 Å². The van der Waals surface area contributed by atoms with Crippen LogP contribution < -0.4 is 0 Å². The van der Waals surface area contributed by atoms with E-state index >= 15 is 0 Å². The van der Waals surface area contributed by atoms with Crippen LogP contribution in [0, 0.1) is 27.7 Å². The molecule has 3 aromatic carbocycles. The first-order valence-corrected chi connectivity index (χ1v) is 53.6. The first-order valence-electron chi connectivity index (χ1n) is 26.0. The minimum absolute atomic E-state index is 0. The van der Waals surface area contributed by atoms with Gasteiger partial charge in [0, 0.05) is 11.4 Å². The predicted molar refractivity (Wildman–Crippen MR) is 358 cm³/mol. The molecule has 0 aliphatic heterocycles. The molecule has 410 valence electrons. The van der Waals surface area contributed by atoms with Crippen molar-refractivity contribution in [3.05, 3.63) is 136 Å². The molecule has 3 rings (SSSR count). The van der Waals surface area contributed by atoms with Crippen molar-refractivity contribution in [1.29, 1.82) is 0 Å². The summed E-state index contributed by atoms with van der Waals surface area (Å²) in [5, 5.41) is 9.59. The predicted octanol–water partition coefficient (Wildman–Crippen LogP) is 22.4. The molecule has 0 unspecified atom stereocenters. The second-order valence-corrected chi connectivity index (χ2v) is 65.4. The molecule has 0 aromatic heterocycles. The maximum absolute atomic E-state index is 4.82. The summed E-state index contributed by atoms with van der Waals surface area (Å²) in [4.78, 5) is 9.44. The molecule has 0 atom stereocenters. The Morgan fingerprint density at radius 1 is 0.324 bits per heavy atom. The quantitative estimate of drug-likeness (QED) is 0.101. The van der Waals surface area contributed by atoms with Gasteiger partial charge in [0.1, 0.15) is 0 Å². The standard InChI is InChI=1S/C32H36N4.4C6H18NSi2.2Y/c1-21-11-9-12-22(2)31(21)35-27(7)19-25(5)33-29-15-17-30(18-16-29)34-26(6)20-28(8)36-32-23(3)13-10-14-24(32)4;4*1-8(2,3)7-9(4,5)6;;/h9-20H,1-8H3;4*1-6H3;;/q-2;4*-1;2*+3/b27-19-,28-20-,33-25?,34-26?;;;;;;. The Labute approximate surface area is 518 Å². The smallest absolute Gasteiger partial charge is 0.668 e. The van der Waals surface area contributed by atoms with Crippen molar-refractivity contribution in [2.45, 2.75) is 213 Å². The topological polar surface area (TPSA) is 109 Å². The molecule has 0 bridgehead atoms. The summed E-state index contributed by atoms with van der Waals surface area (Å²) in [5.41, 5.74) is 12.2. The van der Waals surface area contributed by atoms with E-state index in [1.165, 1.54) is 22.3 Å². The van der Waals surface area contributed by atoms with Crippen LogP contribution in [0.2, 0.25) is 157 Å². The van der Waals surface area contributed by atoms with Gasteiger partial charge in [-0.15, -0.1) is 11.4 Å². The molecule has 0 heterocycles. The molecular weight excluding hydrogens is 1190 g/mol. The van der Waals surface area contributed by atoms with Gasteiger partial charge in [-0.05, 0) is 65.8 Å². The zero-order valence-corrected chi connectivity index (χ0v) is 67.3. The van der Waals surface area contributed by atoms with Gasteiger partial charge in [0.05, 0.1) is 11.4 Å². The fraction of sp³-hybridized carbons (Fsp3) is 0.571. The first kappa shape index (κ1) is 80.3. The minimum atomic E-state index is -1.11. The second-order valence-electron chi connectivity index (χ2n) is 27.1. The van der Waals surface area contributed by atoms with Crippen LogP contribution in [0.1, 0.15) is 49.9 Å². The summed E-state index contributed by atoms with van der Waals surface area (Å²) in [5.74, 6) is 0. The molecule has 0 amide bonds. The van der Waals surface area contributed by atoms with Gasteiger partial charge in [0.2, 0.25) is 0 Å². The monoisotopic (exact) mass is 1290 g/mol. The summed E-state index contributed by atoms with van der Waals surface area (Å²) < 4.78 is 19.3. The molecule has 3 aromatic rings. The number of aryl methyl sites for hydroxylation is 4. The largest absolute Gasteiger partial charge is 3.00 e. The van der Waals surface area contributed by atoms with E-state index < -0.39 is 65.9 Å². The number of para-hydroxylation sites is 2. The number of allylic oxidation sites excluding steroid dienone is 4. The van der Waals surface area contributed by atoms with Gasteiger partial charge in [-0.2, -0.15) is 11.4 Å². The van der Waals surface area contributed by atoms with Crippen LogP contribution in [-0.2, 0) is 65.4 Å². The van der Waals surface area contributed by atoms with Crippen molar-refractivity contribution in [2.24, 2.45) is 9.98 Å². The molecule has 0 saturated carbocycles. The van der Waals surface area contributed by atoms with Gasteiger partial charge in [-0.1, -0.05) is 308 Å². The van der Waals surface area contributed by atoms with E-state index in [-0.39, 0.29) is 65.4 Å². The zero-order chi connectivity index (χ0) is 57.1. The molecule has 0 spiro atoms. The van der Waals surface area contributed by atoms with E-state index in [0.29, 0.717) is 0 Å². The van der Waals surface area contributed by atoms with E-state index in [1.54, 1.807) is 0 Å². The van der Waals surface area contributed by atoms with Crippen LogP contribution in [0.3, 0.4) is 0 Å². The van der Waals surface area contributed by atoms with Gasteiger partial charge in [-0.3, -0.25) is 9.98 Å². The fourth-order valence-corrected chi connectivity index (χ4v) is 40.3. The molecule has 18 heteroatoms. The maximum Gasteiger partial charge on any atom is 3.00 e. The molecule has 74 heavy (non-hydrogen) atoms. The van der Waals surface area contributed by atoms with Gasteiger partial charge in [0.25, 0.3) is 0 Å². The van der Waals surface area contributed by atoms with E-state index in [9.17, 15) is 0 Å². The Kier molecular flexibility index (Phi) is 37.9. The Hall–Kier alpha value is -0.137. The van der Waals surface area contributed by atoms with Crippen molar-refractivity contribution in [2.75, 3.05) is 0 Å². The first-order chi connectivity index (χ1) is 31.9.